The van der Waals surface area contributed by atoms with Crippen LogP contribution < -0.4 is 4.74 Å². The summed E-state index contributed by atoms with van der Waals surface area (Å²) >= 11 is 1.56. The van der Waals surface area contributed by atoms with Crippen molar-refractivity contribution in [3.63, 3.8) is 0 Å². The van der Waals surface area contributed by atoms with Crippen LogP contribution in [0, 0.1) is 6.92 Å². The molecule has 0 aliphatic heterocycles. The highest BCUT2D eigenvalue weighted by molar-refractivity contribution is 8.00. The van der Waals surface area contributed by atoms with Crippen LogP contribution in [0.2, 0.25) is 0 Å². The third-order valence-corrected chi connectivity index (χ3v) is 4.21. The lowest BCUT2D eigenvalue weighted by Gasteiger charge is -2.17. The van der Waals surface area contributed by atoms with Gasteiger partial charge in [-0.25, -0.2) is 0 Å². The highest BCUT2D eigenvalue weighted by atomic mass is 32.2. The number of benzene rings is 2. The smallest absolute Gasteiger partial charge is 0.232 e. The zero-order valence-electron chi connectivity index (χ0n) is 13.0. The van der Waals surface area contributed by atoms with Crippen molar-refractivity contribution >= 4 is 17.7 Å². The first-order chi connectivity index (χ1) is 10.6. The maximum absolute atomic E-state index is 12.1. The Hall–Kier alpha value is -1.94. The van der Waals surface area contributed by atoms with E-state index in [4.69, 9.17) is 4.74 Å². The summed E-state index contributed by atoms with van der Waals surface area (Å²) < 4.78 is 5.67. The minimum atomic E-state index is 0.113. The first kappa shape index (κ1) is 16.4. The molecule has 0 aliphatic rings. The molecule has 0 N–H and O–H groups in total. The molecule has 0 aliphatic carbocycles. The van der Waals surface area contributed by atoms with E-state index in [1.54, 1.807) is 16.7 Å². The number of amides is 1. The van der Waals surface area contributed by atoms with E-state index in [1.165, 1.54) is 5.56 Å². The monoisotopic (exact) mass is 315 g/mol. The summed E-state index contributed by atoms with van der Waals surface area (Å²) in [5.74, 6) is 1.41. The zero-order chi connectivity index (χ0) is 15.8. The second-order valence-electron chi connectivity index (χ2n) is 5.08. The lowest BCUT2D eigenvalue weighted by atomic mass is 10.2. The molecule has 0 aromatic heterocycles. The molecular weight excluding hydrogens is 294 g/mol. The molecule has 0 spiro atoms. The van der Waals surface area contributed by atoms with Gasteiger partial charge in [-0.3, -0.25) is 4.79 Å². The van der Waals surface area contributed by atoms with Crippen LogP contribution >= 0.6 is 11.8 Å². The minimum absolute atomic E-state index is 0.113. The zero-order valence-corrected chi connectivity index (χ0v) is 13.8. The largest absolute Gasteiger partial charge is 0.492 e. The Kier molecular flexibility index (Phi) is 6.34. The van der Waals surface area contributed by atoms with Gasteiger partial charge in [0.1, 0.15) is 12.4 Å². The van der Waals surface area contributed by atoms with Gasteiger partial charge in [-0.15, -0.1) is 11.8 Å². The van der Waals surface area contributed by atoms with Crippen molar-refractivity contribution in [1.29, 1.82) is 0 Å². The van der Waals surface area contributed by atoms with Crippen LogP contribution in [0.15, 0.2) is 59.5 Å². The van der Waals surface area contributed by atoms with Crippen molar-refractivity contribution in [3.8, 4) is 5.75 Å². The van der Waals surface area contributed by atoms with Crippen molar-refractivity contribution in [1.82, 2.24) is 4.90 Å². The standard InChI is InChI=1S/C18H21NO2S/c1-15-7-6-8-16(13-15)21-12-11-19(2)18(20)14-22-17-9-4-3-5-10-17/h3-10,13H,11-12,14H2,1-2H3. The Labute approximate surface area is 136 Å². The molecule has 0 heterocycles. The number of rotatable bonds is 7. The van der Waals surface area contributed by atoms with E-state index in [0.29, 0.717) is 18.9 Å². The summed E-state index contributed by atoms with van der Waals surface area (Å²) in [6.07, 6.45) is 0. The summed E-state index contributed by atoms with van der Waals surface area (Å²) in [6.45, 7) is 3.12. The van der Waals surface area contributed by atoms with Crippen molar-refractivity contribution in [2.45, 2.75) is 11.8 Å². The third-order valence-electron chi connectivity index (χ3n) is 3.22. The Balaban J connectivity index is 1.70. The Morgan fingerprint density at radius 3 is 2.64 bits per heavy atom. The van der Waals surface area contributed by atoms with Gasteiger partial charge < -0.3 is 9.64 Å². The lowest BCUT2D eigenvalue weighted by Crippen LogP contribution is -2.32. The number of nitrogens with zero attached hydrogens (tertiary/aromatic N) is 1. The second-order valence-corrected chi connectivity index (χ2v) is 6.13. The number of hydrogen-bond acceptors (Lipinski definition) is 3. The van der Waals surface area contributed by atoms with Crippen molar-refractivity contribution in [2.75, 3.05) is 26.0 Å². The molecule has 0 saturated carbocycles. The summed E-state index contributed by atoms with van der Waals surface area (Å²) in [5, 5.41) is 0. The lowest BCUT2D eigenvalue weighted by molar-refractivity contribution is -0.127. The van der Waals surface area contributed by atoms with Crippen LogP contribution in [0.1, 0.15) is 5.56 Å². The molecular formula is C18H21NO2S. The van der Waals surface area contributed by atoms with Crippen LogP contribution in [-0.2, 0) is 4.79 Å². The van der Waals surface area contributed by atoms with Crippen molar-refractivity contribution in [3.05, 3.63) is 60.2 Å². The minimum Gasteiger partial charge on any atom is -0.492 e. The van der Waals surface area contributed by atoms with E-state index in [1.807, 2.05) is 68.6 Å². The molecule has 0 unspecified atom stereocenters. The average molecular weight is 315 g/mol. The Bertz CT molecular complexity index is 601. The van der Waals surface area contributed by atoms with Gasteiger partial charge in [-0.1, -0.05) is 30.3 Å². The van der Waals surface area contributed by atoms with Gasteiger partial charge >= 0.3 is 0 Å². The molecule has 0 radical (unpaired) electrons. The predicted octanol–water partition coefficient (Wildman–Crippen LogP) is 3.62. The van der Waals surface area contributed by atoms with Crippen LogP contribution in [0.5, 0.6) is 5.75 Å². The number of likely N-dealkylation sites (N-methyl/N-ethyl adjacent to an activating group) is 1. The van der Waals surface area contributed by atoms with E-state index >= 15 is 0 Å². The van der Waals surface area contributed by atoms with Gasteiger partial charge in [-0.05, 0) is 36.8 Å². The highest BCUT2D eigenvalue weighted by Crippen LogP contribution is 2.17. The maximum Gasteiger partial charge on any atom is 0.232 e. The number of thioether (sulfide) groups is 1. The highest BCUT2D eigenvalue weighted by Gasteiger charge is 2.09. The number of carbonyl (C=O) groups excluding carboxylic acids is 1. The molecule has 0 bridgehead atoms. The van der Waals surface area contributed by atoms with Gasteiger partial charge in [0, 0.05) is 11.9 Å². The molecule has 1 amide bonds. The van der Waals surface area contributed by atoms with Crippen LogP contribution in [0.4, 0.5) is 0 Å². The van der Waals surface area contributed by atoms with E-state index in [-0.39, 0.29) is 5.91 Å². The van der Waals surface area contributed by atoms with Gasteiger partial charge in [0.05, 0.1) is 12.3 Å². The summed E-state index contributed by atoms with van der Waals surface area (Å²) in [7, 11) is 1.81. The summed E-state index contributed by atoms with van der Waals surface area (Å²) in [6, 6.07) is 17.9. The van der Waals surface area contributed by atoms with E-state index in [0.717, 1.165) is 10.6 Å². The molecule has 0 fully saturated rings. The molecule has 2 rings (SSSR count). The fraction of sp³-hybridized carbons (Fsp3) is 0.278. The summed E-state index contributed by atoms with van der Waals surface area (Å²) in [5.41, 5.74) is 1.17. The maximum atomic E-state index is 12.1. The second kappa shape index (κ2) is 8.49. The topological polar surface area (TPSA) is 29.5 Å². The Morgan fingerprint density at radius 1 is 1.14 bits per heavy atom. The van der Waals surface area contributed by atoms with Gasteiger partial charge in [0.2, 0.25) is 5.91 Å². The molecule has 22 heavy (non-hydrogen) atoms. The number of carbonyl (C=O) groups is 1. The van der Waals surface area contributed by atoms with Gasteiger partial charge in [0.25, 0.3) is 0 Å². The SMILES string of the molecule is Cc1cccc(OCCN(C)C(=O)CSc2ccccc2)c1. The fourth-order valence-electron chi connectivity index (χ4n) is 1.90. The van der Waals surface area contributed by atoms with Gasteiger partial charge in [0.15, 0.2) is 0 Å². The molecule has 2 aromatic carbocycles. The number of hydrogen-bond donors (Lipinski definition) is 0. The summed E-state index contributed by atoms with van der Waals surface area (Å²) in [4.78, 5) is 14.9. The number of ether oxygens (including phenoxy) is 1. The van der Waals surface area contributed by atoms with Crippen molar-refractivity contribution in [2.24, 2.45) is 0 Å². The van der Waals surface area contributed by atoms with E-state index < -0.39 is 0 Å². The molecule has 3 nitrogen and oxygen atoms in total. The quantitative estimate of drug-likeness (QED) is 0.731. The van der Waals surface area contributed by atoms with E-state index in [9.17, 15) is 4.79 Å². The number of aryl methyl sites for hydroxylation is 1. The third kappa shape index (κ3) is 5.45. The molecule has 0 saturated heterocycles. The molecule has 116 valence electrons. The molecule has 0 atom stereocenters. The first-order valence-electron chi connectivity index (χ1n) is 7.26. The van der Waals surface area contributed by atoms with Crippen molar-refractivity contribution < 1.29 is 9.53 Å². The molecule has 2 aromatic rings. The first-order valence-corrected chi connectivity index (χ1v) is 8.25. The Morgan fingerprint density at radius 2 is 1.91 bits per heavy atom. The normalized spacial score (nSPS) is 10.3. The van der Waals surface area contributed by atoms with Gasteiger partial charge in [-0.2, -0.15) is 0 Å². The molecule has 4 heteroatoms. The van der Waals surface area contributed by atoms with E-state index in [2.05, 4.69) is 0 Å². The fourth-order valence-corrected chi connectivity index (χ4v) is 2.76. The van der Waals surface area contributed by atoms with Crippen LogP contribution in [0.3, 0.4) is 0 Å². The predicted molar refractivity (Wildman–Crippen MR) is 91.5 cm³/mol. The van der Waals surface area contributed by atoms with Crippen LogP contribution in [0.25, 0.3) is 0 Å². The average Bonchev–Trinajstić information content (AvgIpc) is 2.53. The van der Waals surface area contributed by atoms with Crippen LogP contribution in [-0.4, -0.2) is 36.8 Å².